The molecule has 9 nitrogen and oxygen atoms in total. The number of carboxylic acid groups (broad SMARTS) is 1. The van der Waals surface area contributed by atoms with Gasteiger partial charge in [0.1, 0.15) is 6.54 Å². The normalized spacial score (nSPS) is 17.4. The van der Waals surface area contributed by atoms with Gasteiger partial charge in [0.05, 0.1) is 36.5 Å². The average molecular weight is 431 g/mol. The summed E-state index contributed by atoms with van der Waals surface area (Å²) in [6.07, 6.45) is 2.96. The maximum Gasteiger partial charge on any atom is 0.335 e. The number of amides is 2. The second kappa shape index (κ2) is 9.91. The lowest BCUT2D eigenvalue weighted by Gasteiger charge is -2.38. The first-order valence-corrected chi connectivity index (χ1v) is 10.6. The molecular formula is C22H29N3O6. The number of hydrogen-bond donors (Lipinski definition) is 1. The molecule has 1 saturated heterocycles. The molecule has 0 unspecified atom stereocenters. The van der Waals surface area contributed by atoms with Crippen LogP contribution in [0.15, 0.2) is 18.2 Å². The number of ether oxygens (including phenoxy) is 1. The Balaban J connectivity index is 1.78. The second-order valence-corrected chi connectivity index (χ2v) is 7.96. The minimum Gasteiger partial charge on any atom is -0.478 e. The summed E-state index contributed by atoms with van der Waals surface area (Å²) in [5, 5.41) is 9.39. The Morgan fingerprint density at radius 3 is 2.48 bits per heavy atom. The van der Waals surface area contributed by atoms with Gasteiger partial charge in [-0.3, -0.25) is 24.2 Å². The molecule has 1 aromatic carbocycles. The quantitative estimate of drug-likeness (QED) is 0.656. The number of anilines is 2. The Labute approximate surface area is 181 Å². The molecule has 168 valence electrons. The Morgan fingerprint density at radius 2 is 1.87 bits per heavy atom. The van der Waals surface area contributed by atoms with Crippen molar-refractivity contribution in [2.24, 2.45) is 5.92 Å². The van der Waals surface area contributed by atoms with E-state index in [1.807, 2.05) is 11.8 Å². The van der Waals surface area contributed by atoms with E-state index in [4.69, 9.17) is 4.74 Å². The summed E-state index contributed by atoms with van der Waals surface area (Å²) in [5.74, 6) is -1.91. The SMILES string of the molecule is CCCCN1C(=O)CN(C(=O)CN2CCC(C(=O)OC)CC2)c2cc(C(=O)O)ccc21. The highest BCUT2D eigenvalue weighted by Gasteiger charge is 2.34. The van der Waals surface area contributed by atoms with Crippen LogP contribution in [-0.2, 0) is 19.1 Å². The molecular weight excluding hydrogens is 402 g/mol. The number of aromatic carboxylic acids is 1. The van der Waals surface area contributed by atoms with E-state index in [1.54, 1.807) is 11.0 Å². The van der Waals surface area contributed by atoms with Gasteiger partial charge in [0.25, 0.3) is 0 Å². The third-order valence-electron chi connectivity index (χ3n) is 5.92. The number of likely N-dealkylation sites (tertiary alicyclic amines) is 1. The molecule has 2 aliphatic rings. The standard InChI is InChI=1S/C22H29N3O6/c1-3-4-9-24-17-6-5-16(21(28)29)12-18(17)25(14-20(24)27)19(26)13-23-10-7-15(8-11-23)22(30)31-2/h5-6,12,15H,3-4,7-11,13-14H2,1-2H3,(H,28,29). The maximum absolute atomic E-state index is 13.1. The summed E-state index contributed by atoms with van der Waals surface area (Å²) in [6.45, 7) is 3.71. The van der Waals surface area contributed by atoms with Crippen LogP contribution in [0.5, 0.6) is 0 Å². The Kier molecular flexibility index (Phi) is 7.27. The summed E-state index contributed by atoms with van der Waals surface area (Å²) in [6, 6.07) is 4.52. The van der Waals surface area contributed by atoms with E-state index in [9.17, 15) is 24.3 Å². The van der Waals surface area contributed by atoms with Crippen LogP contribution < -0.4 is 9.80 Å². The number of nitrogens with zero attached hydrogens (tertiary/aromatic N) is 3. The zero-order valence-corrected chi connectivity index (χ0v) is 18.0. The minimum absolute atomic E-state index is 0.0697. The van der Waals surface area contributed by atoms with Gasteiger partial charge < -0.3 is 14.7 Å². The van der Waals surface area contributed by atoms with E-state index in [0.717, 1.165) is 12.8 Å². The van der Waals surface area contributed by atoms with E-state index in [0.29, 0.717) is 43.9 Å². The van der Waals surface area contributed by atoms with Crippen LogP contribution >= 0.6 is 0 Å². The summed E-state index contributed by atoms with van der Waals surface area (Å²) < 4.78 is 4.80. The molecule has 0 spiro atoms. The molecule has 0 saturated carbocycles. The number of rotatable bonds is 7. The molecule has 9 heteroatoms. The fourth-order valence-electron chi connectivity index (χ4n) is 4.10. The molecule has 31 heavy (non-hydrogen) atoms. The molecule has 2 aliphatic heterocycles. The van der Waals surface area contributed by atoms with Crippen molar-refractivity contribution >= 4 is 35.1 Å². The van der Waals surface area contributed by atoms with Crippen molar-refractivity contribution in [3.05, 3.63) is 23.8 Å². The smallest absolute Gasteiger partial charge is 0.335 e. The molecule has 3 rings (SSSR count). The minimum atomic E-state index is -1.09. The molecule has 0 radical (unpaired) electrons. The molecule has 0 aliphatic carbocycles. The zero-order chi connectivity index (χ0) is 22.5. The average Bonchev–Trinajstić information content (AvgIpc) is 2.77. The van der Waals surface area contributed by atoms with Crippen molar-refractivity contribution in [3.63, 3.8) is 0 Å². The highest BCUT2D eigenvalue weighted by atomic mass is 16.5. The first-order valence-electron chi connectivity index (χ1n) is 10.6. The summed E-state index contributed by atoms with van der Waals surface area (Å²) in [4.78, 5) is 54.1. The second-order valence-electron chi connectivity index (χ2n) is 7.96. The van der Waals surface area contributed by atoms with Gasteiger partial charge >= 0.3 is 11.9 Å². The van der Waals surface area contributed by atoms with Gasteiger partial charge in [-0.1, -0.05) is 13.3 Å². The van der Waals surface area contributed by atoms with Gasteiger partial charge in [0, 0.05) is 6.54 Å². The van der Waals surface area contributed by atoms with Crippen molar-refractivity contribution in [1.82, 2.24) is 4.90 Å². The number of carbonyl (C=O) groups is 4. The third-order valence-corrected chi connectivity index (χ3v) is 5.92. The number of hydrogen-bond acceptors (Lipinski definition) is 6. The van der Waals surface area contributed by atoms with E-state index < -0.39 is 5.97 Å². The van der Waals surface area contributed by atoms with Gasteiger partial charge in [-0.05, 0) is 50.6 Å². The highest BCUT2D eigenvalue weighted by Crippen LogP contribution is 2.35. The number of carboxylic acids is 1. The van der Waals surface area contributed by atoms with Crippen molar-refractivity contribution in [2.75, 3.05) is 49.6 Å². The highest BCUT2D eigenvalue weighted by molar-refractivity contribution is 6.12. The van der Waals surface area contributed by atoms with Gasteiger partial charge in [0.2, 0.25) is 11.8 Å². The third kappa shape index (κ3) is 5.04. The number of carbonyl (C=O) groups excluding carboxylic acids is 3. The number of esters is 1. The molecule has 1 N–H and O–H groups in total. The molecule has 1 aromatic rings. The largest absolute Gasteiger partial charge is 0.478 e. The van der Waals surface area contributed by atoms with Gasteiger partial charge in [-0.15, -0.1) is 0 Å². The first kappa shape index (κ1) is 22.7. The van der Waals surface area contributed by atoms with Crippen LogP contribution in [0.1, 0.15) is 43.0 Å². The topological polar surface area (TPSA) is 107 Å². The van der Waals surface area contributed by atoms with Crippen LogP contribution in [0.2, 0.25) is 0 Å². The zero-order valence-electron chi connectivity index (χ0n) is 18.0. The summed E-state index contributed by atoms with van der Waals surface area (Å²) in [5.41, 5.74) is 1.08. The maximum atomic E-state index is 13.1. The number of piperidine rings is 1. The number of unbranched alkanes of at least 4 members (excludes halogenated alkanes) is 1. The lowest BCUT2D eigenvalue weighted by atomic mass is 9.97. The van der Waals surface area contributed by atoms with Crippen LogP contribution in [0.3, 0.4) is 0 Å². The predicted octanol–water partition coefficient (Wildman–Crippen LogP) is 1.75. The molecule has 0 aromatic heterocycles. The fourth-order valence-corrected chi connectivity index (χ4v) is 4.10. The van der Waals surface area contributed by atoms with Crippen LogP contribution in [0, 0.1) is 5.92 Å². The van der Waals surface area contributed by atoms with E-state index in [1.165, 1.54) is 24.1 Å². The van der Waals surface area contributed by atoms with Crippen LogP contribution in [-0.4, -0.2) is 73.6 Å². The first-order chi connectivity index (χ1) is 14.8. The molecule has 2 heterocycles. The van der Waals surface area contributed by atoms with Crippen LogP contribution in [0.25, 0.3) is 0 Å². The Hall–Kier alpha value is -2.94. The van der Waals surface area contributed by atoms with E-state index in [-0.39, 0.29) is 42.4 Å². The number of methoxy groups -OCH3 is 1. The van der Waals surface area contributed by atoms with Crippen molar-refractivity contribution < 1.29 is 29.0 Å². The molecule has 0 atom stereocenters. The lowest BCUT2D eigenvalue weighted by molar-refractivity contribution is -0.147. The fraction of sp³-hybridized carbons (Fsp3) is 0.545. The number of benzene rings is 1. The van der Waals surface area contributed by atoms with Crippen molar-refractivity contribution in [3.8, 4) is 0 Å². The van der Waals surface area contributed by atoms with Gasteiger partial charge in [-0.2, -0.15) is 0 Å². The van der Waals surface area contributed by atoms with Crippen molar-refractivity contribution in [1.29, 1.82) is 0 Å². The summed E-state index contributed by atoms with van der Waals surface area (Å²) in [7, 11) is 1.37. The van der Waals surface area contributed by atoms with Gasteiger partial charge in [0.15, 0.2) is 0 Å². The lowest BCUT2D eigenvalue weighted by Crippen LogP contribution is -2.51. The molecule has 0 bridgehead atoms. The monoisotopic (exact) mass is 431 g/mol. The summed E-state index contributed by atoms with van der Waals surface area (Å²) >= 11 is 0. The van der Waals surface area contributed by atoms with Crippen molar-refractivity contribution in [2.45, 2.75) is 32.6 Å². The molecule has 1 fully saturated rings. The Morgan fingerprint density at radius 1 is 1.16 bits per heavy atom. The van der Waals surface area contributed by atoms with Crippen LogP contribution in [0.4, 0.5) is 11.4 Å². The van der Waals surface area contributed by atoms with Gasteiger partial charge in [-0.25, -0.2) is 4.79 Å². The van der Waals surface area contributed by atoms with E-state index in [2.05, 4.69) is 0 Å². The number of fused-ring (bicyclic) bond motifs is 1. The predicted molar refractivity (Wildman–Crippen MR) is 114 cm³/mol. The van der Waals surface area contributed by atoms with E-state index >= 15 is 0 Å². The Bertz CT molecular complexity index is 863. The molecule has 2 amide bonds.